The van der Waals surface area contributed by atoms with Gasteiger partial charge in [0.15, 0.2) is 0 Å². The lowest BCUT2D eigenvalue weighted by Gasteiger charge is -2.22. The number of fused-ring (bicyclic) bond motifs is 1. The highest BCUT2D eigenvalue weighted by Crippen LogP contribution is 2.36. The van der Waals surface area contributed by atoms with Crippen LogP contribution in [-0.4, -0.2) is 25.5 Å². The number of allylic oxidation sites excluding steroid dienone is 3. The van der Waals surface area contributed by atoms with E-state index in [1.54, 1.807) is 0 Å². The van der Waals surface area contributed by atoms with E-state index in [9.17, 15) is 0 Å². The van der Waals surface area contributed by atoms with Gasteiger partial charge >= 0.3 is 0 Å². The quantitative estimate of drug-likeness (QED) is 0.620. The lowest BCUT2D eigenvalue weighted by Crippen LogP contribution is -2.18. The van der Waals surface area contributed by atoms with Crippen molar-refractivity contribution in [1.82, 2.24) is 4.90 Å². The van der Waals surface area contributed by atoms with E-state index in [1.165, 1.54) is 27.5 Å². The maximum absolute atomic E-state index is 3.62. The van der Waals surface area contributed by atoms with Crippen molar-refractivity contribution in [3.63, 3.8) is 0 Å². The van der Waals surface area contributed by atoms with Crippen molar-refractivity contribution in [2.24, 2.45) is 0 Å². The molecule has 1 atom stereocenters. The molecule has 1 unspecified atom stereocenters. The van der Waals surface area contributed by atoms with Crippen LogP contribution in [0.1, 0.15) is 17.0 Å². The fourth-order valence-electron chi connectivity index (χ4n) is 3.93. The average molecular weight is 354 g/mol. The van der Waals surface area contributed by atoms with Gasteiger partial charge in [0.2, 0.25) is 0 Å². The van der Waals surface area contributed by atoms with Gasteiger partial charge in [0.25, 0.3) is 0 Å². The van der Waals surface area contributed by atoms with Gasteiger partial charge in [0, 0.05) is 24.7 Å². The number of rotatable bonds is 6. The molecule has 0 bridgehead atoms. The monoisotopic (exact) mass is 354 g/mol. The van der Waals surface area contributed by atoms with Crippen molar-refractivity contribution in [2.45, 2.75) is 12.5 Å². The molecule has 0 heterocycles. The molecule has 0 aromatic heterocycles. The molecule has 27 heavy (non-hydrogen) atoms. The normalized spacial score (nSPS) is 16.1. The van der Waals surface area contributed by atoms with E-state index in [4.69, 9.17) is 0 Å². The summed E-state index contributed by atoms with van der Waals surface area (Å²) in [5.74, 6) is 0.351. The summed E-state index contributed by atoms with van der Waals surface area (Å²) in [4.78, 5) is 2.24. The minimum atomic E-state index is 0.351. The Labute approximate surface area is 161 Å². The number of para-hydroxylation sites is 1. The largest absolute Gasteiger partial charge is 0.381 e. The van der Waals surface area contributed by atoms with Crippen molar-refractivity contribution in [3.05, 3.63) is 102 Å². The second-order valence-corrected chi connectivity index (χ2v) is 7.42. The summed E-state index contributed by atoms with van der Waals surface area (Å²) in [5.41, 5.74) is 5.40. The van der Waals surface area contributed by atoms with Gasteiger partial charge < -0.3 is 10.2 Å². The van der Waals surface area contributed by atoms with Gasteiger partial charge in [-0.2, -0.15) is 0 Å². The van der Waals surface area contributed by atoms with Gasteiger partial charge in [-0.25, -0.2) is 0 Å². The summed E-state index contributed by atoms with van der Waals surface area (Å²) in [7, 11) is 4.27. The summed E-state index contributed by atoms with van der Waals surface area (Å²) in [6, 6.07) is 23.7. The molecule has 4 rings (SSSR count). The fraction of sp³-hybridized carbons (Fsp3) is 0.200. The zero-order valence-electron chi connectivity index (χ0n) is 16.0. The van der Waals surface area contributed by atoms with Crippen LogP contribution in [0.15, 0.2) is 90.5 Å². The molecule has 136 valence electrons. The molecule has 0 radical (unpaired) electrons. The van der Waals surface area contributed by atoms with Crippen LogP contribution < -0.4 is 5.32 Å². The van der Waals surface area contributed by atoms with Crippen LogP contribution in [0.25, 0.3) is 10.8 Å². The third-order valence-electron chi connectivity index (χ3n) is 5.17. The smallest absolute Gasteiger partial charge is 0.0410 e. The van der Waals surface area contributed by atoms with Crippen molar-refractivity contribution in [1.29, 1.82) is 0 Å². The first-order valence-electron chi connectivity index (χ1n) is 9.54. The first-order chi connectivity index (χ1) is 13.2. The Hall–Kier alpha value is -2.84. The second-order valence-electron chi connectivity index (χ2n) is 7.42. The molecule has 3 aromatic carbocycles. The van der Waals surface area contributed by atoms with Gasteiger partial charge in [-0.1, -0.05) is 72.8 Å². The Balaban J connectivity index is 1.74. The van der Waals surface area contributed by atoms with Crippen LogP contribution >= 0.6 is 0 Å². The Morgan fingerprint density at radius 1 is 0.889 bits per heavy atom. The number of hydrogen-bond donors (Lipinski definition) is 1. The number of hydrogen-bond acceptors (Lipinski definition) is 2. The number of likely N-dealkylation sites (N-methyl/N-ethyl adjacent to an activating group) is 1. The zero-order chi connectivity index (χ0) is 18.6. The first-order valence-corrected chi connectivity index (χ1v) is 9.54. The topological polar surface area (TPSA) is 15.3 Å². The van der Waals surface area contributed by atoms with Gasteiger partial charge in [-0.3, -0.25) is 0 Å². The SMILES string of the molecule is CN(C)CC1=CC=CC1c1ccc2ccccc2c1CNc1ccccc1. The Morgan fingerprint density at radius 2 is 1.67 bits per heavy atom. The van der Waals surface area contributed by atoms with E-state index in [2.05, 4.69) is 109 Å². The second kappa shape index (κ2) is 7.81. The van der Waals surface area contributed by atoms with Gasteiger partial charge in [0.05, 0.1) is 0 Å². The molecule has 0 spiro atoms. The summed E-state index contributed by atoms with van der Waals surface area (Å²) in [5, 5.41) is 6.25. The van der Waals surface area contributed by atoms with Gasteiger partial charge in [-0.15, -0.1) is 0 Å². The minimum absolute atomic E-state index is 0.351. The zero-order valence-corrected chi connectivity index (χ0v) is 16.0. The van der Waals surface area contributed by atoms with Gasteiger partial charge in [0.1, 0.15) is 0 Å². The van der Waals surface area contributed by atoms with Crippen LogP contribution in [0.4, 0.5) is 5.69 Å². The third kappa shape index (κ3) is 3.81. The highest BCUT2D eigenvalue weighted by molar-refractivity contribution is 5.87. The summed E-state index contributed by atoms with van der Waals surface area (Å²) in [6.07, 6.45) is 6.80. The fourth-order valence-corrected chi connectivity index (χ4v) is 3.93. The molecule has 1 aliphatic carbocycles. The predicted molar refractivity (Wildman–Crippen MR) is 116 cm³/mol. The van der Waals surface area contributed by atoms with Crippen LogP contribution in [0.5, 0.6) is 0 Å². The van der Waals surface area contributed by atoms with E-state index < -0.39 is 0 Å². The Morgan fingerprint density at radius 3 is 2.48 bits per heavy atom. The molecule has 1 N–H and O–H groups in total. The summed E-state index contributed by atoms with van der Waals surface area (Å²) >= 11 is 0. The average Bonchev–Trinajstić information content (AvgIpc) is 3.14. The van der Waals surface area contributed by atoms with Crippen molar-refractivity contribution < 1.29 is 0 Å². The van der Waals surface area contributed by atoms with Crippen molar-refractivity contribution >= 4 is 16.5 Å². The lowest BCUT2D eigenvalue weighted by atomic mass is 9.87. The van der Waals surface area contributed by atoms with Crippen molar-refractivity contribution in [3.8, 4) is 0 Å². The van der Waals surface area contributed by atoms with E-state index >= 15 is 0 Å². The Bertz CT molecular complexity index is 984. The number of anilines is 1. The number of nitrogens with zero attached hydrogens (tertiary/aromatic N) is 1. The molecular weight excluding hydrogens is 328 g/mol. The molecular formula is C25H26N2. The maximum Gasteiger partial charge on any atom is 0.0410 e. The number of benzene rings is 3. The molecule has 2 heteroatoms. The highest BCUT2D eigenvalue weighted by atomic mass is 15.0. The van der Waals surface area contributed by atoms with E-state index in [1.807, 2.05) is 0 Å². The highest BCUT2D eigenvalue weighted by Gasteiger charge is 2.21. The minimum Gasteiger partial charge on any atom is -0.381 e. The summed E-state index contributed by atoms with van der Waals surface area (Å²) in [6.45, 7) is 1.80. The standard InChI is InChI=1S/C25H26N2/c1-27(2)18-20-10-8-14-23(20)24-16-15-19-9-6-7-13-22(19)25(24)17-26-21-11-4-3-5-12-21/h3-16,23,26H,17-18H2,1-2H3. The molecule has 0 aliphatic heterocycles. The first kappa shape index (κ1) is 17.6. The molecule has 0 fully saturated rings. The lowest BCUT2D eigenvalue weighted by molar-refractivity contribution is 0.439. The molecule has 1 aliphatic rings. The summed E-state index contributed by atoms with van der Waals surface area (Å²) < 4.78 is 0. The molecule has 3 aromatic rings. The van der Waals surface area contributed by atoms with Crippen molar-refractivity contribution in [2.75, 3.05) is 26.0 Å². The van der Waals surface area contributed by atoms with Crippen LogP contribution in [0, 0.1) is 0 Å². The van der Waals surface area contributed by atoms with E-state index in [0.29, 0.717) is 5.92 Å². The van der Waals surface area contributed by atoms with Crippen LogP contribution in [0.2, 0.25) is 0 Å². The maximum atomic E-state index is 3.62. The predicted octanol–water partition coefficient (Wildman–Crippen LogP) is 5.59. The third-order valence-corrected chi connectivity index (χ3v) is 5.17. The van der Waals surface area contributed by atoms with Crippen LogP contribution in [0.3, 0.4) is 0 Å². The van der Waals surface area contributed by atoms with Crippen LogP contribution in [-0.2, 0) is 6.54 Å². The molecule has 0 saturated carbocycles. The molecule has 0 amide bonds. The molecule has 0 saturated heterocycles. The molecule has 2 nitrogen and oxygen atoms in total. The Kier molecular flexibility index (Phi) is 5.08. The van der Waals surface area contributed by atoms with E-state index in [0.717, 1.165) is 18.8 Å². The van der Waals surface area contributed by atoms with E-state index in [-0.39, 0.29) is 0 Å². The van der Waals surface area contributed by atoms with Gasteiger partial charge in [-0.05, 0) is 53.7 Å². The number of nitrogens with one attached hydrogen (secondary N) is 1.